The van der Waals surface area contributed by atoms with Gasteiger partial charge < -0.3 is 4.74 Å². The second-order valence-electron chi connectivity index (χ2n) is 3.93. The molecule has 0 radical (unpaired) electrons. The third-order valence-electron chi connectivity index (χ3n) is 3.07. The van der Waals surface area contributed by atoms with Crippen LogP contribution in [0.5, 0.6) is 0 Å². The summed E-state index contributed by atoms with van der Waals surface area (Å²) in [5, 5.41) is 0.0547. The highest BCUT2D eigenvalue weighted by molar-refractivity contribution is 5.85. The Morgan fingerprint density at radius 1 is 1.67 bits per heavy atom. The first-order valence-electron chi connectivity index (χ1n) is 4.89. The van der Waals surface area contributed by atoms with Crippen LogP contribution >= 0.6 is 12.4 Å². The molecule has 15 heavy (non-hydrogen) atoms. The summed E-state index contributed by atoms with van der Waals surface area (Å²) in [6, 6.07) is -1.02. The van der Waals surface area contributed by atoms with Crippen LogP contribution in [0.3, 0.4) is 0 Å². The normalized spacial score (nSPS) is 38.9. The summed E-state index contributed by atoms with van der Waals surface area (Å²) in [5.41, 5.74) is 0. The Kier molecular flexibility index (Phi) is 3.55. The summed E-state index contributed by atoms with van der Waals surface area (Å²) in [6.07, 6.45) is 0.872. The number of halogens is 3. The largest absolute Gasteiger partial charge is 0.465 e. The molecule has 0 aromatic rings. The monoisotopic (exact) mass is 241 g/mol. The zero-order valence-electron chi connectivity index (χ0n) is 8.41. The molecule has 6 heteroatoms. The van der Waals surface area contributed by atoms with E-state index in [4.69, 9.17) is 4.74 Å². The number of piperidine rings is 1. The Balaban J connectivity index is 0.00000112. The first kappa shape index (κ1) is 12.6. The van der Waals surface area contributed by atoms with Crippen LogP contribution in [-0.2, 0) is 9.53 Å². The molecule has 2 fully saturated rings. The molecule has 0 N–H and O–H groups in total. The molecule has 1 saturated heterocycles. The number of fused-ring (bicyclic) bond motifs is 2. The van der Waals surface area contributed by atoms with Crippen LogP contribution in [0, 0.1) is 5.92 Å². The van der Waals surface area contributed by atoms with Crippen LogP contribution in [-0.4, -0.2) is 29.5 Å². The van der Waals surface area contributed by atoms with Gasteiger partial charge in [-0.3, -0.25) is 4.79 Å². The minimum absolute atomic E-state index is 0. The van der Waals surface area contributed by atoms with Crippen LogP contribution in [0.4, 0.5) is 8.87 Å². The van der Waals surface area contributed by atoms with Crippen molar-refractivity contribution in [2.24, 2.45) is 5.92 Å². The van der Waals surface area contributed by atoms with Gasteiger partial charge in [0.05, 0.1) is 6.61 Å². The number of hydrogen-bond acceptors (Lipinski definition) is 3. The molecule has 1 aliphatic heterocycles. The van der Waals surface area contributed by atoms with Gasteiger partial charge in [-0.2, -0.15) is 0 Å². The van der Waals surface area contributed by atoms with Gasteiger partial charge in [-0.25, -0.2) is 4.39 Å². The molecule has 0 aromatic carbocycles. The van der Waals surface area contributed by atoms with Crippen LogP contribution in [0.15, 0.2) is 0 Å². The van der Waals surface area contributed by atoms with E-state index in [9.17, 15) is 13.7 Å². The highest BCUT2D eigenvalue weighted by Gasteiger charge is 2.61. The maximum Gasteiger partial charge on any atom is 0.326 e. The number of hydrogen-bond donors (Lipinski definition) is 0. The van der Waals surface area contributed by atoms with E-state index in [1.165, 1.54) is 0 Å². The summed E-state index contributed by atoms with van der Waals surface area (Å²) in [5.74, 6) is -2.77. The van der Waals surface area contributed by atoms with Crippen LogP contribution < -0.4 is 0 Å². The molecule has 3 nitrogen and oxygen atoms in total. The topological polar surface area (TPSA) is 29.5 Å². The molecule has 2 bridgehead atoms. The number of rotatable bonds is 2. The molecule has 3 unspecified atom stereocenters. The average molecular weight is 242 g/mol. The number of carbonyl (C=O) groups is 1. The fourth-order valence-electron chi connectivity index (χ4n) is 2.42. The third kappa shape index (κ3) is 1.83. The van der Waals surface area contributed by atoms with E-state index in [2.05, 4.69) is 0 Å². The minimum Gasteiger partial charge on any atom is -0.465 e. The van der Waals surface area contributed by atoms with Gasteiger partial charge in [-0.1, -0.05) is 5.12 Å². The van der Waals surface area contributed by atoms with Crippen molar-refractivity contribution in [2.75, 3.05) is 6.61 Å². The Morgan fingerprint density at radius 3 is 2.80 bits per heavy atom. The SMILES string of the molecule is CCOC(=O)C1C2CCC(F)(C2)N1F.Cl. The standard InChI is InChI=1S/C9H13F2NO2.ClH/c1-2-14-8(13)7-6-3-4-9(10,5-6)12(7)11;/h6-7H,2-5H2,1H3;1H. The number of esters is 1. The fourth-order valence-corrected chi connectivity index (χ4v) is 2.42. The highest BCUT2D eigenvalue weighted by Crippen LogP contribution is 2.51. The lowest BCUT2D eigenvalue weighted by molar-refractivity contribution is -0.189. The first-order valence-corrected chi connectivity index (χ1v) is 4.89. The predicted molar refractivity (Wildman–Crippen MR) is 51.8 cm³/mol. The molecule has 88 valence electrons. The number of ether oxygens (including phenoxy) is 1. The summed E-state index contributed by atoms with van der Waals surface area (Å²) >= 11 is 0. The summed E-state index contributed by atoms with van der Waals surface area (Å²) in [7, 11) is 0. The van der Waals surface area contributed by atoms with Crippen molar-refractivity contribution in [1.29, 1.82) is 0 Å². The lowest BCUT2D eigenvalue weighted by Gasteiger charge is -2.29. The molecule has 1 saturated carbocycles. The van der Waals surface area contributed by atoms with Crippen molar-refractivity contribution in [3.63, 3.8) is 0 Å². The van der Waals surface area contributed by atoms with Gasteiger partial charge in [0.2, 0.25) is 0 Å². The quantitative estimate of drug-likeness (QED) is 0.421. The van der Waals surface area contributed by atoms with E-state index in [-0.39, 0.29) is 42.9 Å². The molecule has 1 heterocycles. The zero-order chi connectivity index (χ0) is 10.3. The van der Waals surface area contributed by atoms with E-state index >= 15 is 0 Å². The van der Waals surface area contributed by atoms with E-state index < -0.39 is 17.8 Å². The molecule has 0 amide bonds. The number of nitrogens with zero attached hydrogens (tertiary/aromatic N) is 1. The zero-order valence-corrected chi connectivity index (χ0v) is 9.23. The molecular weight excluding hydrogens is 228 g/mol. The Morgan fingerprint density at radius 2 is 2.33 bits per heavy atom. The third-order valence-corrected chi connectivity index (χ3v) is 3.07. The lowest BCUT2D eigenvalue weighted by atomic mass is 10.0. The van der Waals surface area contributed by atoms with Gasteiger partial charge in [-0.05, 0) is 25.7 Å². The summed E-state index contributed by atoms with van der Waals surface area (Å²) in [4.78, 5) is 11.3. The molecule has 1 aliphatic carbocycles. The average Bonchev–Trinajstić information content (AvgIpc) is 2.59. The van der Waals surface area contributed by atoms with E-state index in [0.29, 0.717) is 6.42 Å². The Bertz CT molecular complexity index is 266. The van der Waals surface area contributed by atoms with E-state index in [0.717, 1.165) is 0 Å². The van der Waals surface area contributed by atoms with Crippen LogP contribution in [0.2, 0.25) is 0 Å². The molecule has 3 atom stereocenters. The number of alkyl halides is 1. The van der Waals surface area contributed by atoms with Crippen LogP contribution in [0.25, 0.3) is 0 Å². The van der Waals surface area contributed by atoms with Crippen molar-refractivity contribution in [3.05, 3.63) is 0 Å². The Hall–Kier alpha value is -0.420. The van der Waals surface area contributed by atoms with E-state index in [1.807, 2.05) is 0 Å². The second-order valence-corrected chi connectivity index (χ2v) is 3.93. The van der Waals surface area contributed by atoms with Crippen molar-refractivity contribution in [3.8, 4) is 0 Å². The van der Waals surface area contributed by atoms with Gasteiger partial charge in [-0.15, -0.1) is 16.9 Å². The fraction of sp³-hybridized carbons (Fsp3) is 0.889. The number of carbonyl (C=O) groups excluding carboxylic acids is 1. The van der Waals surface area contributed by atoms with Gasteiger partial charge in [0.1, 0.15) is 6.04 Å². The second kappa shape index (κ2) is 4.22. The summed E-state index contributed by atoms with van der Waals surface area (Å²) < 4.78 is 31.8. The van der Waals surface area contributed by atoms with E-state index in [1.54, 1.807) is 6.92 Å². The van der Waals surface area contributed by atoms with Gasteiger partial charge in [0.25, 0.3) is 0 Å². The molecular formula is C9H14ClF2NO2. The molecule has 0 spiro atoms. The lowest BCUT2D eigenvalue weighted by Crippen LogP contribution is -2.46. The molecule has 0 aromatic heterocycles. The predicted octanol–water partition coefficient (Wildman–Crippen LogP) is 2.01. The van der Waals surface area contributed by atoms with Gasteiger partial charge >= 0.3 is 5.97 Å². The van der Waals surface area contributed by atoms with Crippen molar-refractivity contribution in [1.82, 2.24) is 5.12 Å². The van der Waals surface area contributed by atoms with Crippen molar-refractivity contribution < 1.29 is 18.4 Å². The van der Waals surface area contributed by atoms with Crippen molar-refractivity contribution >= 4 is 18.4 Å². The molecule has 2 aliphatic rings. The van der Waals surface area contributed by atoms with Gasteiger partial charge in [0, 0.05) is 6.42 Å². The smallest absolute Gasteiger partial charge is 0.326 e. The molecule has 2 rings (SSSR count). The Labute approximate surface area is 93.1 Å². The van der Waals surface area contributed by atoms with Crippen molar-refractivity contribution in [2.45, 2.75) is 38.0 Å². The highest BCUT2D eigenvalue weighted by atomic mass is 35.5. The van der Waals surface area contributed by atoms with Gasteiger partial charge in [0.15, 0.2) is 5.79 Å². The minimum atomic E-state index is -1.91. The first-order chi connectivity index (χ1) is 6.58. The maximum absolute atomic E-state index is 13.7. The maximum atomic E-state index is 13.7. The van der Waals surface area contributed by atoms with Crippen LogP contribution in [0.1, 0.15) is 26.2 Å². The summed E-state index contributed by atoms with van der Waals surface area (Å²) in [6.45, 7) is 1.86.